The number of aromatic nitrogens is 1. The number of esters is 1. The van der Waals surface area contributed by atoms with E-state index in [1.54, 1.807) is 6.92 Å². The molecule has 1 rings (SSSR count). The topological polar surface area (TPSA) is 52.3 Å². The molecular weight excluding hydrogens is 226 g/mol. The lowest BCUT2D eigenvalue weighted by molar-refractivity contribution is 0.0513. The Balaban J connectivity index is 3.04. The molecule has 0 aliphatic carbocycles. The van der Waals surface area contributed by atoms with Crippen LogP contribution in [0.2, 0.25) is 0 Å². The Hall–Kier alpha value is -0.840. The van der Waals surface area contributed by atoms with E-state index in [2.05, 4.69) is 30.3 Å². The predicted molar refractivity (Wildman–Crippen MR) is 44.9 cm³/mol. The van der Waals surface area contributed by atoms with Gasteiger partial charge in [-0.25, -0.2) is 4.79 Å². The quantitative estimate of drug-likeness (QED) is 0.737. The number of carbonyl (C=O) groups excluding carboxylic acids is 1. The fourth-order valence-electron chi connectivity index (χ4n) is 0.605. The number of carbonyl (C=O) groups is 1. The molecular formula is C7H8BrNO3. The molecule has 1 aromatic heterocycles. The van der Waals surface area contributed by atoms with Crippen LogP contribution >= 0.6 is 15.9 Å². The maximum Gasteiger partial charge on any atom is 0.361 e. The normalized spacial score (nSPS) is 14.7. The fourth-order valence-corrected chi connectivity index (χ4v) is 0.912. The highest BCUT2D eigenvalue weighted by molar-refractivity contribution is 9.10. The van der Waals surface area contributed by atoms with Gasteiger partial charge in [0.2, 0.25) is 5.69 Å². The van der Waals surface area contributed by atoms with E-state index in [0.717, 1.165) is 0 Å². The van der Waals surface area contributed by atoms with Crippen molar-refractivity contribution in [3.05, 3.63) is 15.9 Å². The summed E-state index contributed by atoms with van der Waals surface area (Å²) in [4.78, 5) is 11.2. The molecule has 4 nitrogen and oxygen atoms in total. The maximum atomic E-state index is 11.2. The van der Waals surface area contributed by atoms with Crippen molar-refractivity contribution in [2.75, 3.05) is 6.61 Å². The lowest BCUT2D eigenvalue weighted by Crippen LogP contribution is -2.05. The second-order valence-electron chi connectivity index (χ2n) is 1.89. The Kier molecular flexibility index (Phi) is 1.78. The molecule has 0 saturated heterocycles. The van der Waals surface area contributed by atoms with Crippen molar-refractivity contribution in [1.29, 1.82) is 0 Å². The first-order chi connectivity index (χ1) is 6.88. The van der Waals surface area contributed by atoms with Crippen LogP contribution in [-0.2, 0) is 4.74 Å². The van der Waals surface area contributed by atoms with Crippen LogP contribution in [0.4, 0.5) is 0 Å². The zero-order valence-corrected chi connectivity index (χ0v) is 7.84. The molecule has 0 atom stereocenters. The molecule has 0 aliphatic heterocycles. The third-order valence-electron chi connectivity index (χ3n) is 1.10. The van der Waals surface area contributed by atoms with Crippen LogP contribution < -0.4 is 0 Å². The van der Waals surface area contributed by atoms with Gasteiger partial charge in [0, 0.05) is 4.11 Å². The highest BCUT2D eigenvalue weighted by Gasteiger charge is 2.18. The largest absolute Gasteiger partial charge is 0.461 e. The van der Waals surface area contributed by atoms with Gasteiger partial charge in [-0.2, -0.15) is 0 Å². The van der Waals surface area contributed by atoms with Gasteiger partial charge >= 0.3 is 5.97 Å². The highest BCUT2D eigenvalue weighted by atomic mass is 79.9. The number of hydrogen-bond acceptors (Lipinski definition) is 4. The zero-order chi connectivity index (χ0) is 11.6. The van der Waals surface area contributed by atoms with Crippen molar-refractivity contribution in [2.45, 2.75) is 13.8 Å². The summed E-state index contributed by atoms with van der Waals surface area (Å²) in [7, 11) is 0. The zero-order valence-electron chi connectivity index (χ0n) is 9.26. The summed E-state index contributed by atoms with van der Waals surface area (Å²) in [5, 5.41) is 3.34. The van der Waals surface area contributed by atoms with E-state index in [-0.39, 0.29) is 22.5 Å². The van der Waals surface area contributed by atoms with Gasteiger partial charge < -0.3 is 9.26 Å². The van der Waals surface area contributed by atoms with E-state index in [9.17, 15) is 4.79 Å². The molecule has 0 bridgehead atoms. The molecule has 0 N–H and O–H groups in total. The van der Waals surface area contributed by atoms with Crippen molar-refractivity contribution >= 4 is 21.9 Å². The van der Waals surface area contributed by atoms with Crippen LogP contribution in [-0.4, -0.2) is 17.7 Å². The van der Waals surface area contributed by atoms with Crippen LogP contribution in [0, 0.1) is 6.85 Å². The second-order valence-corrected chi connectivity index (χ2v) is 2.69. The number of rotatable bonds is 2. The van der Waals surface area contributed by atoms with Gasteiger partial charge in [-0.15, -0.1) is 0 Å². The highest BCUT2D eigenvalue weighted by Crippen LogP contribution is 2.20. The SMILES string of the molecule is [2H]C([2H])([2H])c1onc(C(=O)OCC)c1Br. The van der Waals surface area contributed by atoms with Crippen molar-refractivity contribution in [3.8, 4) is 0 Å². The van der Waals surface area contributed by atoms with Crippen LogP contribution in [0.1, 0.15) is 27.3 Å². The molecule has 0 spiro atoms. The van der Waals surface area contributed by atoms with E-state index in [0.29, 0.717) is 0 Å². The molecule has 0 unspecified atom stereocenters. The molecule has 1 heterocycles. The van der Waals surface area contributed by atoms with E-state index in [1.807, 2.05) is 0 Å². The summed E-state index contributed by atoms with van der Waals surface area (Å²) in [6, 6.07) is 0. The van der Waals surface area contributed by atoms with Crippen molar-refractivity contribution in [2.24, 2.45) is 0 Å². The lowest BCUT2D eigenvalue weighted by atomic mass is 10.4. The minimum atomic E-state index is -2.45. The molecule has 0 aliphatic rings. The van der Waals surface area contributed by atoms with Gasteiger partial charge in [0.05, 0.1) is 11.1 Å². The Morgan fingerprint density at radius 2 is 2.67 bits per heavy atom. The van der Waals surface area contributed by atoms with Gasteiger partial charge in [0.1, 0.15) is 5.76 Å². The first kappa shape index (κ1) is 5.75. The molecule has 12 heavy (non-hydrogen) atoms. The number of nitrogens with zero attached hydrogens (tertiary/aromatic N) is 1. The molecule has 5 heteroatoms. The summed E-state index contributed by atoms with van der Waals surface area (Å²) >= 11 is 2.94. The molecule has 66 valence electrons. The number of aryl methyl sites for hydroxylation is 1. The van der Waals surface area contributed by atoms with Gasteiger partial charge in [-0.3, -0.25) is 0 Å². The van der Waals surface area contributed by atoms with E-state index < -0.39 is 12.8 Å². The summed E-state index contributed by atoms with van der Waals surface area (Å²) in [6.45, 7) is -0.631. The second kappa shape index (κ2) is 3.71. The third kappa shape index (κ3) is 1.66. The smallest absolute Gasteiger partial charge is 0.361 e. The summed E-state index contributed by atoms with van der Waals surface area (Å²) in [5.41, 5.74) is -0.164. The van der Waals surface area contributed by atoms with Crippen LogP contribution in [0.3, 0.4) is 0 Å². The van der Waals surface area contributed by atoms with Gasteiger partial charge in [0.25, 0.3) is 0 Å². The number of hydrogen-bond donors (Lipinski definition) is 0. The number of halogens is 1. The van der Waals surface area contributed by atoms with Crippen molar-refractivity contribution in [1.82, 2.24) is 5.16 Å². The van der Waals surface area contributed by atoms with Gasteiger partial charge in [-0.05, 0) is 29.7 Å². The predicted octanol–water partition coefficient (Wildman–Crippen LogP) is 1.92. The Labute approximate surface area is 82.2 Å². The van der Waals surface area contributed by atoms with Crippen LogP contribution in [0.5, 0.6) is 0 Å². The average molecular weight is 237 g/mol. The van der Waals surface area contributed by atoms with Crippen molar-refractivity contribution < 1.29 is 18.2 Å². The monoisotopic (exact) mass is 236 g/mol. The van der Waals surface area contributed by atoms with Gasteiger partial charge in [-0.1, -0.05) is 5.16 Å². The van der Waals surface area contributed by atoms with Crippen LogP contribution in [0.25, 0.3) is 0 Å². The van der Waals surface area contributed by atoms with E-state index in [1.165, 1.54) is 0 Å². The first-order valence-corrected chi connectivity index (χ1v) is 4.00. The van der Waals surface area contributed by atoms with E-state index in [4.69, 9.17) is 4.11 Å². The molecule has 0 aromatic carbocycles. The lowest BCUT2D eigenvalue weighted by Gasteiger charge is -1.95. The average Bonchev–Trinajstić information content (AvgIpc) is 2.46. The summed E-state index contributed by atoms with van der Waals surface area (Å²) in [6.07, 6.45) is 0. The molecule has 0 radical (unpaired) electrons. The van der Waals surface area contributed by atoms with Crippen molar-refractivity contribution in [3.63, 3.8) is 0 Å². The minimum absolute atomic E-state index is 0.0148. The maximum absolute atomic E-state index is 11.2. The minimum Gasteiger partial charge on any atom is -0.461 e. The first-order valence-electron chi connectivity index (χ1n) is 4.70. The van der Waals surface area contributed by atoms with E-state index >= 15 is 0 Å². The molecule has 1 aromatic rings. The Bertz CT molecular complexity index is 374. The summed E-state index contributed by atoms with van der Waals surface area (Å²) in [5.74, 6) is -1.07. The fraction of sp³-hybridized carbons (Fsp3) is 0.429. The molecule has 0 fully saturated rings. The van der Waals surface area contributed by atoms with Crippen LogP contribution in [0.15, 0.2) is 9.00 Å². The van der Waals surface area contributed by atoms with Gasteiger partial charge in [0.15, 0.2) is 0 Å². The molecule has 0 amide bonds. The Morgan fingerprint density at radius 1 is 1.92 bits per heavy atom. The Morgan fingerprint density at radius 3 is 3.17 bits per heavy atom. The summed E-state index contributed by atoms with van der Waals surface area (Å²) < 4.78 is 30.5. The third-order valence-corrected chi connectivity index (χ3v) is 1.84. The molecule has 0 saturated carbocycles. The number of ether oxygens (including phenoxy) is 1. The standard InChI is InChI=1S/C7H8BrNO3/c1-3-11-7(10)6-5(8)4(2)12-9-6/h3H2,1-2H3/i2D3.